The standard InChI is InChI=1S/C17H17ClN2O/c1-2-7-16(13-8-4-3-5-9-13)19-20-17(21)14-10-6-11-15(18)12-14/h3-6,8-12H,2,7H2,1H3,(H,20,21). The van der Waals surface area contributed by atoms with Crippen LogP contribution in [0.5, 0.6) is 0 Å². The topological polar surface area (TPSA) is 41.5 Å². The number of nitrogens with one attached hydrogen (secondary N) is 1. The van der Waals surface area contributed by atoms with E-state index in [4.69, 9.17) is 11.6 Å². The molecule has 0 saturated carbocycles. The van der Waals surface area contributed by atoms with Gasteiger partial charge in [0.25, 0.3) is 5.91 Å². The predicted octanol–water partition coefficient (Wildman–Crippen LogP) is 4.27. The van der Waals surface area contributed by atoms with Crippen LogP contribution in [0.15, 0.2) is 59.7 Å². The fraction of sp³-hybridized carbons (Fsp3) is 0.176. The first-order valence-electron chi connectivity index (χ1n) is 6.88. The largest absolute Gasteiger partial charge is 0.271 e. The highest BCUT2D eigenvalue weighted by Gasteiger charge is 2.07. The Morgan fingerprint density at radius 2 is 1.81 bits per heavy atom. The number of carbonyl (C=O) groups excluding carboxylic acids is 1. The van der Waals surface area contributed by atoms with Gasteiger partial charge in [0.05, 0.1) is 5.71 Å². The van der Waals surface area contributed by atoms with Crippen molar-refractivity contribution < 1.29 is 4.79 Å². The van der Waals surface area contributed by atoms with Crippen molar-refractivity contribution in [2.45, 2.75) is 19.8 Å². The van der Waals surface area contributed by atoms with E-state index in [9.17, 15) is 4.79 Å². The summed E-state index contributed by atoms with van der Waals surface area (Å²) < 4.78 is 0. The van der Waals surface area contributed by atoms with E-state index in [1.165, 1.54) is 0 Å². The van der Waals surface area contributed by atoms with Crippen LogP contribution in [0.25, 0.3) is 0 Å². The Labute approximate surface area is 129 Å². The van der Waals surface area contributed by atoms with Crippen LogP contribution in [-0.2, 0) is 0 Å². The zero-order chi connectivity index (χ0) is 15.1. The molecule has 3 nitrogen and oxygen atoms in total. The van der Waals surface area contributed by atoms with Crippen LogP contribution in [0.1, 0.15) is 35.7 Å². The van der Waals surface area contributed by atoms with Gasteiger partial charge >= 0.3 is 0 Å². The second-order valence-corrected chi connectivity index (χ2v) is 5.06. The average Bonchev–Trinajstić information content (AvgIpc) is 2.52. The van der Waals surface area contributed by atoms with E-state index in [0.29, 0.717) is 10.6 Å². The lowest BCUT2D eigenvalue weighted by molar-refractivity contribution is 0.0955. The molecular weight excluding hydrogens is 284 g/mol. The van der Waals surface area contributed by atoms with Gasteiger partial charge in [0.2, 0.25) is 0 Å². The molecule has 4 heteroatoms. The molecular formula is C17H17ClN2O. The van der Waals surface area contributed by atoms with Crippen molar-refractivity contribution in [1.29, 1.82) is 0 Å². The molecule has 0 fully saturated rings. The quantitative estimate of drug-likeness (QED) is 0.650. The summed E-state index contributed by atoms with van der Waals surface area (Å²) in [4.78, 5) is 12.1. The third-order valence-electron chi connectivity index (χ3n) is 2.97. The maximum absolute atomic E-state index is 12.1. The van der Waals surface area contributed by atoms with E-state index < -0.39 is 0 Å². The molecule has 0 saturated heterocycles. The minimum Gasteiger partial charge on any atom is -0.267 e. The second-order valence-electron chi connectivity index (χ2n) is 4.63. The van der Waals surface area contributed by atoms with Crippen molar-refractivity contribution in [3.05, 3.63) is 70.7 Å². The molecule has 1 amide bonds. The number of nitrogens with zero attached hydrogens (tertiary/aromatic N) is 1. The maximum atomic E-state index is 12.1. The molecule has 0 spiro atoms. The van der Waals surface area contributed by atoms with Crippen LogP contribution in [-0.4, -0.2) is 11.6 Å². The summed E-state index contributed by atoms with van der Waals surface area (Å²) in [5.74, 6) is -0.262. The summed E-state index contributed by atoms with van der Waals surface area (Å²) in [6.07, 6.45) is 1.76. The summed E-state index contributed by atoms with van der Waals surface area (Å²) in [5.41, 5.74) is 4.98. The van der Waals surface area contributed by atoms with Gasteiger partial charge in [-0.05, 0) is 30.2 Å². The highest BCUT2D eigenvalue weighted by atomic mass is 35.5. The Morgan fingerprint density at radius 1 is 1.10 bits per heavy atom. The Balaban J connectivity index is 2.15. The van der Waals surface area contributed by atoms with Gasteiger partial charge in [-0.2, -0.15) is 5.10 Å². The van der Waals surface area contributed by atoms with Crippen LogP contribution >= 0.6 is 11.6 Å². The number of rotatable bonds is 5. The molecule has 0 aliphatic carbocycles. The Kier molecular flexibility index (Phi) is 5.52. The van der Waals surface area contributed by atoms with Crippen molar-refractivity contribution in [2.24, 2.45) is 5.10 Å². The van der Waals surface area contributed by atoms with Gasteiger partial charge in [0.1, 0.15) is 0 Å². The fourth-order valence-corrected chi connectivity index (χ4v) is 2.13. The number of benzene rings is 2. The van der Waals surface area contributed by atoms with Gasteiger partial charge in [-0.25, -0.2) is 5.43 Å². The third-order valence-corrected chi connectivity index (χ3v) is 3.21. The number of hydrogen-bond acceptors (Lipinski definition) is 2. The Bertz CT molecular complexity index is 638. The first kappa shape index (κ1) is 15.3. The number of amides is 1. The molecule has 21 heavy (non-hydrogen) atoms. The van der Waals surface area contributed by atoms with Crippen LogP contribution in [0.3, 0.4) is 0 Å². The Morgan fingerprint density at radius 3 is 2.48 bits per heavy atom. The molecule has 0 aromatic heterocycles. The van der Waals surface area contributed by atoms with Crippen molar-refractivity contribution in [2.75, 3.05) is 0 Å². The molecule has 0 aliphatic rings. The van der Waals surface area contributed by atoms with E-state index in [0.717, 1.165) is 24.1 Å². The predicted molar refractivity (Wildman–Crippen MR) is 86.8 cm³/mol. The maximum Gasteiger partial charge on any atom is 0.271 e. The SMILES string of the molecule is CCCC(=NNC(=O)c1cccc(Cl)c1)c1ccccc1. The van der Waals surface area contributed by atoms with Crippen molar-refractivity contribution in [3.8, 4) is 0 Å². The normalized spacial score (nSPS) is 11.2. The van der Waals surface area contributed by atoms with Gasteiger partial charge in [0, 0.05) is 10.6 Å². The molecule has 0 heterocycles. The lowest BCUT2D eigenvalue weighted by Crippen LogP contribution is -2.20. The molecule has 2 aromatic rings. The van der Waals surface area contributed by atoms with E-state index in [2.05, 4.69) is 17.5 Å². The van der Waals surface area contributed by atoms with Crippen LogP contribution in [0.2, 0.25) is 5.02 Å². The monoisotopic (exact) mass is 300 g/mol. The molecule has 0 radical (unpaired) electrons. The third kappa shape index (κ3) is 4.43. The molecule has 0 aliphatic heterocycles. The summed E-state index contributed by atoms with van der Waals surface area (Å²) in [5, 5.41) is 4.79. The van der Waals surface area contributed by atoms with E-state index in [1.54, 1.807) is 24.3 Å². The van der Waals surface area contributed by atoms with Crippen molar-refractivity contribution in [1.82, 2.24) is 5.43 Å². The zero-order valence-electron chi connectivity index (χ0n) is 11.8. The molecule has 0 unspecified atom stereocenters. The number of hydrogen-bond donors (Lipinski definition) is 1. The smallest absolute Gasteiger partial charge is 0.267 e. The lowest BCUT2D eigenvalue weighted by Gasteiger charge is -2.06. The summed E-state index contributed by atoms with van der Waals surface area (Å²) in [7, 11) is 0. The lowest BCUT2D eigenvalue weighted by atomic mass is 10.1. The summed E-state index contributed by atoms with van der Waals surface area (Å²) in [6, 6.07) is 16.6. The van der Waals surface area contributed by atoms with Gasteiger partial charge < -0.3 is 0 Å². The molecule has 0 atom stereocenters. The molecule has 108 valence electrons. The van der Waals surface area contributed by atoms with E-state index in [-0.39, 0.29) is 5.91 Å². The summed E-state index contributed by atoms with van der Waals surface area (Å²) >= 11 is 5.88. The van der Waals surface area contributed by atoms with Gasteiger partial charge in [0.15, 0.2) is 0 Å². The molecule has 1 N–H and O–H groups in total. The first-order valence-corrected chi connectivity index (χ1v) is 7.26. The number of halogens is 1. The second kappa shape index (κ2) is 7.60. The number of hydrazone groups is 1. The zero-order valence-corrected chi connectivity index (χ0v) is 12.6. The van der Waals surface area contributed by atoms with Gasteiger partial charge in [-0.3, -0.25) is 4.79 Å². The van der Waals surface area contributed by atoms with Crippen LogP contribution in [0, 0.1) is 0 Å². The van der Waals surface area contributed by atoms with Gasteiger partial charge in [-0.15, -0.1) is 0 Å². The van der Waals surface area contributed by atoms with Gasteiger partial charge in [-0.1, -0.05) is 61.3 Å². The number of carbonyl (C=O) groups is 1. The molecule has 0 bridgehead atoms. The fourth-order valence-electron chi connectivity index (χ4n) is 1.94. The Hall–Kier alpha value is -2.13. The highest BCUT2D eigenvalue weighted by molar-refractivity contribution is 6.30. The van der Waals surface area contributed by atoms with E-state index in [1.807, 2.05) is 30.3 Å². The van der Waals surface area contributed by atoms with Crippen LogP contribution in [0.4, 0.5) is 0 Å². The minimum absolute atomic E-state index is 0.262. The molecule has 2 aromatic carbocycles. The van der Waals surface area contributed by atoms with Crippen molar-refractivity contribution >= 4 is 23.2 Å². The minimum atomic E-state index is -0.262. The first-order chi connectivity index (χ1) is 10.2. The van der Waals surface area contributed by atoms with Crippen molar-refractivity contribution in [3.63, 3.8) is 0 Å². The van der Waals surface area contributed by atoms with E-state index >= 15 is 0 Å². The summed E-state index contributed by atoms with van der Waals surface area (Å²) in [6.45, 7) is 2.08. The molecule has 2 rings (SSSR count). The average molecular weight is 301 g/mol. The van der Waals surface area contributed by atoms with Crippen LogP contribution < -0.4 is 5.43 Å². The highest BCUT2D eigenvalue weighted by Crippen LogP contribution is 2.11.